The Balaban J connectivity index is 1.62. The average Bonchev–Trinajstić information content (AvgIpc) is 3.02. The molecule has 1 heterocycles. The fourth-order valence-corrected chi connectivity index (χ4v) is 3.83. The molecular weight excluding hydrogens is 428 g/mol. The first-order valence-corrected chi connectivity index (χ1v) is 10.7. The van der Waals surface area contributed by atoms with Crippen molar-refractivity contribution in [1.29, 1.82) is 0 Å². The van der Waals surface area contributed by atoms with Gasteiger partial charge in [0.1, 0.15) is 6.54 Å². The largest absolute Gasteiger partial charge is 0.462 e. The summed E-state index contributed by atoms with van der Waals surface area (Å²) in [6.07, 6.45) is 3.55. The molecule has 1 saturated heterocycles. The SMILES string of the molecule is CCOC(=O)c1ccc(NC(=O)CN2C(=O)S/C(=C/C(C)=C/c3ccccc3)C2=O)cc1. The molecule has 2 aromatic carbocycles. The Kier molecular flexibility index (Phi) is 7.62. The molecule has 0 aliphatic carbocycles. The summed E-state index contributed by atoms with van der Waals surface area (Å²) in [5.74, 6) is -1.48. The molecule has 3 amide bonds. The quantitative estimate of drug-likeness (QED) is 0.494. The van der Waals surface area contributed by atoms with Crippen molar-refractivity contribution in [3.8, 4) is 0 Å². The van der Waals surface area contributed by atoms with Crippen LogP contribution in [0, 0.1) is 0 Å². The molecule has 164 valence electrons. The van der Waals surface area contributed by atoms with Crippen LogP contribution >= 0.6 is 11.8 Å². The monoisotopic (exact) mass is 450 g/mol. The normalized spacial score (nSPS) is 15.2. The van der Waals surface area contributed by atoms with Crippen LogP contribution in [0.3, 0.4) is 0 Å². The first kappa shape index (κ1) is 23.0. The van der Waals surface area contributed by atoms with Crippen LogP contribution in [0.15, 0.2) is 71.2 Å². The first-order valence-electron chi connectivity index (χ1n) is 9.93. The maximum Gasteiger partial charge on any atom is 0.338 e. The van der Waals surface area contributed by atoms with Crippen molar-refractivity contribution in [1.82, 2.24) is 4.90 Å². The van der Waals surface area contributed by atoms with Crippen molar-refractivity contribution in [2.45, 2.75) is 13.8 Å². The highest BCUT2D eigenvalue weighted by Crippen LogP contribution is 2.31. The predicted octanol–water partition coefficient (Wildman–Crippen LogP) is 4.48. The van der Waals surface area contributed by atoms with Crippen molar-refractivity contribution in [2.24, 2.45) is 0 Å². The van der Waals surface area contributed by atoms with Crippen LogP contribution in [0.1, 0.15) is 29.8 Å². The lowest BCUT2D eigenvalue weighted by Crippen LogP contribution is -2.36. The predicted molar refractivity (Wildman–Crippen MR) is 124 cm³/mol. The molecule has 1 aliphatic rings. The summed E-state index contributed by atoms with van der Waals surface area (Å²) in [5, 5.41) is 2.12. The van der Waals surface area contributed by atoms with Crippen LogP contribution in [-0.2, 0) is 14.3 Å². The minimum atomic E-state index is -0.519. The number of carbonyl (C=O) groups excluding carboxylic acids is 4. The first-order chi connectivity index (χ1) is 15.4. The molecule has 0 radical (unpaired) electrons. The summed E-state index contributed by atoms with van der Waals surface area (Å²) in [7, 11) is 0. The number of nitrogens with zero attached hydrogens (tertiary/aromatic N) is 1. The molecular formula is C24H22N2O5S. The summed E-state index contributed by atoms with van der Waals surface area (Å²) in [5.41, 5.74) is 2.59. The Morgan fingerprint density at radius 1 is 1.06 bits per heavy atom. The number of hydrogen-bond acceptors (Lipinski definition) is 6. The summed E-state index contributed by atoms with van der Waals surface area (Å²) >= 11 is 0.805. The fourth-order valence-electron chi connectivity index (χ4n) is 2.95. The van der Waals surface area contributed by atoms with Crippen molar-refractivity contribution in [3.63, 3.8) is 0 Å². The van der Waals surface area contributed by atoms with Gasteiger partial charge in [-0.25, -0.2) is 4.79 Å². The Morgan fingerprint density at radius 2 is 1.75 bits per heavy atom. The van der Waals surface area contributed by atoms with Crippen LogP contribution in [-0.4, -0.2) is 41.1 Å². The Morgan fingerprint density at radius 3 is 2.41 bits per heavy atom. The lowest BCUT2D eigenvalue weighted by atomic mass is 10.1. The van der Waals surface area contributed by atoms with E-state index in [1.54, 1.807) is 25.1 Å². The second-order valence-electron chi connectivity index (χ2n) is 6.91. The zero-order chi connectivity index (χ0) is 23.1. The van der Waals surface area contributed by atoms with Gasteiger partial charge in [0, 0.05) is 5.69 Å². The Labute approximate surface area is 190 Å². The van der Waals surface area contributed by atoms with E-state index >= 15 is 0 Å². The number of esters is 1. The molecule has 1 N–H and O–H groups in total. The van der Waals surface area contributed by atoms with Gasteiger partial charge in [0.05, 0.1) is 17.1 Å². The minimum Gasteiger partial charge on any atom is -0.462 e. The van der Waals surface area contributed by atoms with Gasteiger partial charge in [0.15, 0.2) is 0 Å². The van der Waals surface area contributed by atoms with Crippen molar-refractivity contribution >= 4 is 46.5 Å². The van der Waals surface area contributed by atoms with Crippen LogP contribution in [0.5, 0.6) is 0 Å². The number of imide groups is 1. The van der Waals surface area contributed by atoms with E-state index in [2.05, 4.69) is 5.32 Å². The molecule has 1 aliphatic heterocycles. The third-order valence-electron chi connectivity index (χ3n) is 4.41. The van der Waals surface area contributed by atoms with Crippen LogP contribution < -0.4 is 5.32 Å². The number of rotatable bonds is 7. The minimum absolute atomic E-state index is 0.269. The highest BCUT2D eigenvalue weighted by molar-refractivity contribution is 8.18. The van der Waals surface area contributed by atoms with Crippen LogP contribution in [0.4, 0.5) is 10.5 Å². The van der Waals surface area contributed by atoms with E-state index in [0.717, 1.165) is 27.8 Å². The number of allylic oxidation sites excluding steroid dienone is 2. The van der Waals surface area contributed by atoms with Crippen LogP contribution in [0.25, 0.3) is 6.08 Å². The third-order valence-corrected chi connectivity index (χ3v) is 5.32. The number of carbonyl (C=O) groups is 4. The van der Waals surface area contributed by atoms with Crippen molar-refractivity contribution in [2.75, 3.05) is 18.5 Å². The molecule has 2 aromatic rings. The zero-order valence-electron chi connectivity index (χ0n) is 17.7. The topological polar surface area (TPSA) is 92.8 Å². The number of benzene rings is 2. The number of hydrogen-bond donors (Lipinski definition) is 1. The molecule has 7 nitrogen and oxygen atoms in total. The molecule has 0 unspecified atom stereocenters. The number of thioether (sulfide) groups is 1. The van der Waals surface area contributed by atoms with E-state index in [9.17, 15) is 19.2 Å². The van der Waals surface area contributed by atoms with Gasteiger partial charge in [-0.1, -0.05) is 36.4 Å². The standard InChI is InChI=1S/C24H22N2O5S/c1-3-31-23(29)18-9-11-19(12-10-18)25-21(27)15-26-22(28)20(32-24(26)30)14-16(2)13-17-7-5-4-6-8-17/h4-14H,3,15H2,1-2H3,(H,25,27)/b16-13+,20-14+. The van der Waals surface area contributed by atoms with E-state index in [4.69, 9.17) is 4.74 Å². The van der Waals surface area contributed by atoms with Crippen LogP contribution in [0.2, 0.25) is 0 Å². The smallest absolute Gasteiger partial charge is 0.338 e. The Bertz CT molecular complexity index is 1090. The summed E-state index contributed by atoms with van der Waals surface area (Å²) in [6, 6.07) is 15.8. The summed E-state index contributed by atoms with van der Waals surface area (Å²) < 4.78 is 4.91. The molecule has 3 rings (SSSR count). The average molecular weight is 451 g/mol. The lowest BCUT2D eigenvalue weighted by molar-refractivity contribution is -0.127. The maximum absolute atomic E-state index is 12.6. The molecule has 1 fully saturated rings. The van der Waals surface area contributed by atoms with Gasteiger partial charge >= 0.3 is 5.97 Å². The van der Waals surface area contributed by atoms with Crippen molar-refractivity contribution in [3.05, 3.63) is 82.3 Å². The molecule has 0 saturated carbocycles. The van der Waals surface area contributed by atoms with E-state index < -0.39 is 29.6 Å². The van der Waals surface area contributed by atoms with E-state index in [1.165, 1.54) is 12.1 Å². The number of amides is 3. The second-order valence-corrected chi connectivity index (χ2v) is 7.91. The molecule has 8 heteroatoms. The van der Waals surface area contributed by atoms with Gasteiger partial charge in [-0.3, -0.25) is 19.3 Å². The lowest BCUT2D eigenvalue weighted by Gasteiger charge is -2.12. The van der Waals surface area contributed by atoms with Gasteiger partial charge in [0.25, 0.3) is 11.1 Å². The van der Waals surface area contributed by atoms with Gasteiger partial charge in [-0.15, -0.1) is 0 Å². The van der Waals surface area contributed by atoms with Gasteiger partial charge in [-0.2, -0.15) is 0 Å². The highest BCUT2D eigenvalue weighted by atomic mass is 32.2. The second kappa shape index (κ2) is 10.6. The number of nitrogens with one attached hydrogen (secondary N) is 1. The Hall–Kier alpha value is -3.65. The fraction of sp³-hybridized carbons (Fsp3) is 0.167. The molecule has 32 heavy (non-hydrogen) atoms. The maximum atomic E-state index is 12.6. The van der Waals surface area contributed by atoms with E-state index in [0.29, 0.717) is 11.3 Å². The highest BCUT2D eigenvalue weighted by Gasteiger charge is 2.36. The van der Waals surface area contributed by atoms with Gasteiger partial charge < -0.3 is 10.1 Å². The zero-order valence-corrected chi connectivity index (χ0v) is 18.5. The van der Waals surface area contributed by atoms with Crippen molar-refractivity contribution < 1.29 is 23.9 Å². The molecule has 0 bridgehead atoms. The molecule has 0 aromatic heterocycles. The van der Waals surface area contributed by atoms with Gasteiger partial charge in [-0.05, 0) is 67.1 Å². The van der Waals surface area contributed by atoms with E-state index in [1.807, 2.05) is 43.3 Å². The summed E-state index contributed by atoms with van der Waals surface area (Å²) in [4.78, 5) is 50.1. The number of anilines is 1. The van der Waals surface area contributed by atoms with E-state index in [-0.39, 0.29) is 11.5 Å². The van der Waals surface area contributed by atoms with Gasteiger partial charge in [0.2, 0.25) is 5.91 Å². The molecule has 0 atom stereocenters. The molecule has 0 spiro atoms. The third kappa shape index (κ3) is 5.95. The number of ether oxygens (including phenoxy) is 1. The summed E-state index contributed by atoms with van der Waals surface area (Å²) in [6.45, 7) is 3.43.